The third kappa shape index (κ3) is 4.39. The summed E-state index contributed by atoms with van der Waals surface area (Å²) in [6.07, 6.45) is 1.33. The molecule has 2 aromatic heterocycles. The number of para-hydroxylation sites is 1. The number of hydrogen-bond donors (Lipinski definition) is 0. The van der Waals surface area contributed by atoms with Gasteiger partial charge in [-0.2, -0.15) is 0 Å². The Kier molecular flexibility index (Phi) is 6.55. The summed E-state index contributed by atoms with van der Waals surface area (Å²) >= 11 is 2.43. The van der Waals surface area contributed by atoms with Crippen LogP contribution in [0.4, 0.5) is 5.69 Å². The lowest BCUT2D eigenvalue weighted by Crippen LogP contribution is -2.39. The Morgan fingerprint density at radius 1 is 1.16 bits per heavy atom. The molecule has 1 atom stereocenters. The van der Waals surface area contributed by atoms with Gasteiger partial charge in [-0.15, -0.1) is 11.3 Å². The van der Waals surface area contributed by atoms with E-state index in [2.05, 4.69) is 0 Å². The summed E-state index contributed by atoms with van der Waals surface area (Å²) in [7, 11) is 0. The van der Waals surface area contributed by atoms with Gasteiger partial charge in [0.25, 0.3) is 11.2 Å². The van der Waals surface area contributed by atoms with Crippen molar-refractivity contribution in [3.63, 3.8) is 0 Å². The number of hydrogen-bond acceptors (Lipinski definition) is 9. The van der Waals surface area contributed by atoms with Crippen molar-refractivity contribution in [1.29, 1.82) is 0 Å². The molecule has 0 saturated heterocycles. The van der Waals surface area contributed by atoms with Gasteiger partial charge >= 0.3 is 5.97 Å². The van der Waals surface area contributed by atoms with Crippen molar-refractivity contribution in [3.8, 4) is 5.75 Å². The predicted octanol–water partition coefficient (Wildman–Crippen LogP) is 2.98. The van der Waals surface area contributed by atoms with Crippen molar-refractivity contribution in [2.75, 3.05) is 6.61 Å². The van der Waals surface area contributed by atoms with E-state index < -0.39 is 33.9 Å². The van der Waals surface area contributed by atoms with Gasteiger partial charge in [-0.25, -0.2) is 9.79 Å². The van der Waals surface area contributed by atoms with Crippen molar-refractivity contribution in [2.24, 2.45) is 4.99 Å². The maximum Gasteiger partial charge on any atom is 0.338 e. The van der Waals surface area contributed by atoms with E-state index >= 15 is 0 Å². The van der Waals surface area contributed by atoms with Crippen LogP contribution in [-0.4, -0.2) is 22.1 Å². The molecule has 1 aliphatic rings. The van der Waals surface area contributed by atoms with Gasteiger partial charge in [-0.1, -0.05) is 59.9 Å². The van der Waals surface area contributed by atoms with Crippen LogP contribution in [-0.2, 0) is 9.53 Å². The maximum absolute atomic E-state index is 13.7. The number of nitrogens with zero attached hydrogens (tertiary/aromatic N) is 3. The number of carbonyl (C=O) groups excluding carboxylic acids is 1. The molecule has 3 heterocycles. The highest BCUT2D eigenvalue weighted by Crippen LogP contribution is 2.37. The van der Waals surface area contributed by atoms with Gasteiger partial charge in [0.2, 0.25) is 0 Å². The molecule has 0 aliphatic carbocycles. The number of esters is 1. The van der Waals surface area contributed by atoms with Crippen molar-refractivity contribution < 1.29 is 19.6 Å². The molecule has 11 heteroatoms. The molecule has 0 N–H and O–H groups in total. The lowest BCUT2D eigenvalue weighted by atomic mass is 9.97. The molecule has 0 amide bonds. The Labute approximate surface area is 217 Å². The van der Waals surface area contributed by atoms with E-state index in [1.54, 1.807) is 6.92 Å². The number of rotatable bonds is 6. The molecule has 1 aliphatic heterocycles. The number of nitro groups is 1. The summed E-state index contributed by atoms with van der Waals surface area (Å²) in [5.74, 6) is -1.37. The zero-order chi connectivity index (χ0) is 26.1. The number of thiophene rings is 1. The summed E-state index contributed by atoms with van der Waals surface area (Å²) in [6, 6.07) is 15.9. The van der Waals surface area contributed by atoms with Crippen molar-refractivity contribution in [1.82, 2.24) is 4.57 Å². The van der Waals surface area contributed by atoms with Gasteiger partial charge < -0.3 is 9.84 Å². The molecule has 9 nitrogen and oxygen atoms in total. The van der Waals surface area contributed by atoms with Crippen molar-refractivity contribution in [3.05, 3.63) is 117 Å². The number of benzene rings is 2. The summed E-state index contributed by atoms with van der Waals surface area (Å²) < 4.78 is 6.97. The first-order chi connectivity index (χ1) is 17.9. The summed E-state index contributed by atoms with van der Waals surface area (Å²) in [5.41, 5.74) is 0.278. The topological polar surface area (TPSA) is 127 Å². The quantitative estimate of drug-likeness (QED) is 0.213. The number of thiazole rings is 1. The van der Waals surface area contributed by atoms with Crippen LogP contribution in [0.2, 0.25) is 0 Å². The van der Waals surface area contributed by atoms with Crippen LogP contribution in [0.25, 0.3) is 11.8 Å². The maximum atomic E-state index is 13.7. The first-order valence-electron chi connectivity index (χ1n) is 11.2. The second kappa shape index (κ2) is 9.96. The van der Waals surface area contributed by atoms with E-state index in [9.17, 15) is 24.8 Å². The molecule has 37 heavy (non-hydrogen) atoms. The molecule has 186 valence electrons. The summed E-state index contributed by atoms with van der Waals surface area (Å²) in [6.45, 7) is 1.85. The lowest BCUT2D eigenvalue weighted by Gasteiger charge is -2.24. The number of ether oxygens (including phenoxy) is 1. The van der Waals surface area contributed by atoms with Crippen LogP contribution in [0.5, 0.6) is 5.75 Å². The Balaban J connectivity index is 1.81. The monoisotopic (exact) mass is 532 g/mol. The van der Waals surface area contributed by atoms with E-state index in [1.165, 1.54) is 34.1 Å². The van der Waals surface area contributed by atoms with Crippen molar-refractivity contribution in [2.45, 2.75) is 13.0 Å². The molecule has 0 fully saturated rings. The molecular weight excluding hydrogens is 514 g/mol. The Morgan fingerprint density at radius 2 is 1.95 bits per heavy atom. The normalized spacial score (nSPS) is 15.3. The van der Waals surface area contributed by atoms with E-state index in [1.807, 2.05) is 47.8 Å². The van der Waals surface area contributed by atoms with Crippen molar-refractivity contribution >= 4 is 46.1 Å². The first-order valence-corrected chi connectivity index (χ1v) is 12.9. The molecule has 0 radical (unpaired) electrons. The highest BCUT2D eigenvalue weighted by atomic mass is 32.1. The largest absolute Gasteiger partial charge is 0.867 e. The fraction of sp³-hybridized carbons (Fsp3) is 0.115. The minimum Gasteiger partial charge on any atom is -0.867 e. The van der Waals surface area contributed by atoms with Gasteiger partial charge in [-0.05, 0) is 35.8 Å². The van der Waals surface area contributed by atoms with Crippen LogP contribution < -0.4 is 20.0 Å². The van der Waals surface area contributed by atoms with Gasteiger partial charge in [0.1, 0.15) is 6.04 Å². The van der Waals surface area contributed by atoms with E-state index in [0.29, 0.717) is 16.1 Å². The van der Waals surface area contributed by atoms with Gasteiger partial charge in [0.05, 0.1) is 27.3 Å². The standard InChI is InChI=1S/C26H19N3O6S2/c1-2-35-25(32)20-21(15-8-4-3-5-9-15)27-26-28(22(20)18-12-7-13-36-18)24(31)19(37-26)14-16-10-6-11-17(23(16)30)29(33)34/h3-14,22,30H,2H2,1H3/p-1/b19-14+/t22-/m1/s1. The average molecular weight is 533 g/mol. The molecule has 2 aromatic carbocycles. The van der Waals surface area contributed by atoms with Crippen LogP contribution in [0, 0.1) is 10.1 Å². The predicted molar refractivity (Wildman–Crippen MR) is 138 cm³/mol. The molecule has 0 spiro atoms. The second-order valence-corrected chi connectivity index (χ2v) is 9.89. The Bertz CT molecular complexity index is 1720. The van der Waals surface area contributed by atoms with Crippen LogP contribution in [0.15, 0.2) is 81.4 Å². The minimum atomic E-state index is -0.801. The molecule has 0 unspecified atom stereocenters. The van der Waals surface area contributed by atoms with Crippen LogP contribution in [0.3, 0.4) is 0 Å². The first kappa shape index (κ1) is 24.3. The summed E-state index contributed by atoms with van der Waals surface area (Å²) in [5, 5.41) is 25.7. The third-order valence-corrected chi connectivity index (χ3v) is 7.60. The average Bonchev–Trinajstić information content (AvgIpc) is 3.53. The summed E-state index contributed by atoms with van der Waals surface area (Å²) in [4.78, 5) is 43.2. The molecular formula is C26H18N3O6S2-. The molecule has 0 saturated carbocycles. The zero-order valence-corrected chi connectivity index (χ0v) is 21.0. The van der Waals surface area contributed by atoms with Gasteiger partial charge in [-0.3, -0.25) is 19.5 Å². The van der Waals surface area contributed by atoms with Gasteiger partial charge in [0.15, 0.2) is 4.80 Å². The van der Waals surface area contributed by atoms with E-state index in [0.717, 1.165) is 22.3 Å². The fourth-order valence-electron chi connectivity index (χ4n) is 4.10. The SMILES string of the molecule is CCOC(=O)C1=C(c2ccccc2)N=c2s/c(=C/c3cccc([N+](=O)[O-])c3[O-])c(=O)n2[C@@H]1c1cccs1. The Hall–Kier alpha value is -4.35. The van der Waals surface area contributed by atoms with E-state index in [4.69, 9.17) is 9.73 Å². The smallest absolute Gasteiger partial charge is 0.338 e. The Morgan fingerprint density at radius 3 is 2.62 bits per heavy atom. The fourth-order valence-corrected chi connectivity index (χ4v) is 5.91. The molecule has 0 bridgehead atoms. The number of aromatic nitrogens is 1. The highest BCUT2D eigenvalue weighted by molar-refractivity contribution is 7.10. The van der Waals surface area contributed by atoms with E-state index in [-0.39, 0.29) is 22.3 Å². The van der Waals surface area contributed by atoms with Gasteiger partial charge in [0, 0.05) is 16.5 Å². The van der Waals surface area contributed by atoms with Crippen LogP contribution in [0.1, 0.15) is 29.0 Å². The lowest BCUT2D eigenvalue weighted by molar-refractivity contribution is -0.398. The van der Waals surface area contributed by atoms with Crippen LogP contribution >= 0.6 is 22.7 Å². The molecule has 4 aromatic rings. The minimum absolute atomic E-state index is 0.0139. The zero-order valence-electron chi connectivity index (χ0n) is 19.3. The number of carbonyl (C=O) groups is 1. The molecule has 5 rings (SSSR count). The third-order valence-electron chi connectivity index (χ3n) is 5.69. The number of fused-ring (bicyclic) bond motifs is 1. The highest BCUT2D eigenvalue weighted by Gasteiger charge is 2.35. The number of nitro benzene ring substituents is 1. The second-order valence-electron chi connectivity index (χ2n) is 7.90.